The molecule has 45 heavy (non-hydrogen) atoms. The number of piperidine rings is 1. The molecular formula is C33H31F2N3O7. The minimum Gasteiger partial charge on any atom is -0.484 e. The number of carbonyl (C=O) groups excluding carboxylic acids is 1. The third-order valence-corrected chi connectivity index (χ3v) is 7.26. The number of hydrogen-bond donors (Lipinski definition) is 2. The number of aromatic nitrogens is 1. The molecular weight excluding hydrogens is 588 g/mol. The van der Waals surface area contributed by atoms with E-state index in [1.807, 2.05) is 30.3 Å². The van der Waals surface area contributed by atoms with Crippen LogP contribution in [-0.4, -0.2) is 53.4 Å². The largest absolute Gasteiger partial charge is 0.484 e. The summed E-state index contributed by atoms with van der Waals surface area (Å²) in [6.45, 7) is 2.56. The van der Waals surface area contributed by atoms with E-state index in [4.69, 9.17) is 24.7 Å². The lowest BCUT2D eigenvalue weighted by atomic mass is 10.0. The Morgan fingerprint density at radius 3 is 2.29 bits per heavy atom. The lowest BCUT2D eigenvalue weighted by Gasteiger charge is -2.31. The van der Waals surface area contributed by atoms with E-state index in [9.17, 15) is 14.7 Å². The molecule has 0 unspecified atom stereocenters. The Bertz CT molecular complexity index is 1730. The van der Waals surface area contributed by atoms with Crippen LogP contribution in [0.15, 0.2) is 66.7 Å². The first-order chi connectivity index (χ1) is 21.7. The highest BCUT2D eigenvalue weighted by Gasteiger charge is 2.31. The van der Waals surface area contributed by atoms with E-state index in [1.54, 1.807) is 31.2 Å². The van der Waals surface area contributed by atoms with Gasteiger partial charge in [0.2, 0.25) is 17.4 Å². The van der Waals surface area contributed by atoms with Crippen LogP contribution < -0.4 is 19.9 Å². The summed E-state index contributed by atoms with van der Waals surface area (Å²) in [6, 6.07) is 18.6. The molecule has 0 bridgehead atoms. The second-order valence-corrected chi connectivity index (χ2v) is 10.4. The smallest absolute Gasteiger partial charge is 0.409 e. The minimum absolute atomic E-state index is 0.189. The Morgan fingerprint density at radius 2 is 1.62 bits per heavy atom. The molecule has 1 aliphatic rings. The summed E-state index contributed by atoms with van der Waals surface area (Å²) in [4.78, 5) is 29.1. The van der Waals surface area contributed by atoms with Crippen molar-refractivity contribution in [1.82, 2.24) is 9.88 Å². The van der Waals surface area contributed by atoms with Gasteiger partial charge in [0.05, 0.1) is 7.11 Å². The predicted molar refractivity (Wildman–Crippen MR) is 160 cm³/mol. The summed E-state index contributed by atoms with van der Waals surface area (Å²) in [6.07, 6.45) is -0.628. The number of nitrogens with two attached hydrogens (primary N) is 1. The van der Waals surface area contributed by atoms with Gasteiger partial charge in [0.1, 0.15) is 23.2 Å². The van der Waals surface area contributed by atoms with Crippen molar-refractivity contribution in [2.24, 2.45) is 5.73 Å². The van der Waals surface area contributed by atoms with Crippen molar-refractivity contribution in [3.63, 3.8) is 0 Å². The first-order valence-corrected chi connectivity index (χ1v) is 14.1. The Morgan fingerprint density at radius 1 is 0.956 bits per heavy atom. The summed E-state index contributed by atoms with van der Waals surface area (Å²) < 4.78 is 53.9. The van der Waals surface area contributed by atoms with E-state index >= 15 is 8.78 Å². The van der Waals surface area contributed by atoms with Crippen molar-refractivity contribution >= 4 is 12.1 Å². The molecule has 2 heterocycles. The number of aromatic carboxylic acids is 1. The van der Waals surface area contributed by atoms with Gasteiger partial charge in [0.25, 0.3) is 11.8 Å². The topological polar surface area (TPSA) is 133 Å². The van der Waals surface area contributed by atoms with Gasteiger partial charge in [-0.1, -0.05) is 36.4 Å². The number of hydrogen-bond acceptors (Lipinski definition) is 8. The van der Waals surface area contributed by atoms with Crippen molar-refractivity contribution in [1.29, 1.82) is 0 Å². The van der Waals surface area contributed by atoms with Gasteiger partial charge in [-0.3, -0.25) is 0 Å². The minimum atomic E-state index is -1.31. The van der Waals surface area contributed by atoms with Gasteiger partial charge >= 0.3 is 12.1 Å². The van der Waals surface area contributed by atoms with Gasteiger partial charge in [0.15, 0.2) is 0 Å². The molecule has 0 saturated carbocycles. The molecule has 3 N–H and O–H groups in total. The molecule has 1 aromatic heterocycles. The van der Waals surface area contributed by atoms with Crippen LogP contribution >= 0.6 is 0 Å². The number of rotatable bonds is 9. The van der Waals surface area contributed by atoms with Crippen LogP contribution in [0.5, 0.6) is 29.0 Å². The highest BCUT2D eigenvalue weighted by molar-refractivity contribution is 5.91. The zero-order valence-electron chi connectivity index (χ0n) is 24.6. The van der Waals surface area contributed by atoms with Crippen LogP contribution in [0.1, 0.15) is 34.3 Å². The zero-order chi connectivity index (χ0) is 32.1. The number of pyridine rings is 1. The van der Waals surface area contributed by atoms with E-state index in [0.29, 0.717) is 12.1 Å². The first-order valence-electron chi connectivity index (χ1n) is 14.1. The average molecular weight is 620 g/mol. The Labute approximate surface area is 257 Å². The highest BCUT2D eigenvalue weighted by atomic mass is 19.1. The number of aryl methyl sites for hydroxylation is 1. The van der Waals surface area contributed by atoms with Crippen LogP contribution in [0.4, 0.5) is 13.6 Å². The number of halogens is 2. The average Bonchev–Trinajstić information content (AvgIpc) is 3.05. The molecule has 4 aromatic rings. The summed E-state index contributed by atoms with van der Waals surface area (Å²) >= 11 is 0. The number of carboxylic acids is 1. The molecule has 12 heteroatoms. The zero-order valence-corrected chi connectivity index (χ0v) is 24.6. The van der Waals surface area contributed by atoms with Crippen molar-refractivity contribution in [2.45, 2.75) is 32.4 Å². The van der Waals surface area contributed by atoms with Gasteiger partial charge in [-0.15, -0.1) is 0 Å². The van der Waals surface area contributed by atoms with Crippen LogP contribution in [-0.2, 0) is 11.3 Å². The molecule has 3 aromatic carbocycles. The number of carboxylic acid groups (broad SMARTS) is 1. The highest BCUT2D eigenvalue weighted by Crippen LogP contribution is 2.40. The SMILES string of the molecule is COC(=O)N1CCC(Oc2c(F)c(Oc3cccc(-c4cccc(CN)c4)c3)nc(Oc3cc(C)ccc3C(=O)O)c2F)CC1. The summed E-state index contributed by atoms with van der Waals surface area (Å²) in [5, 5.41) is 9.65. The van der Waals surface area contributed by atoms with Crippen LogP contribution in [0.25, 0.3) is 11.1 Å². The standard InChI is InChI=1S/C33H31F2N3O7/c1-19-9-10-25(32(39)40)26(15-19)45-31-28(35)29(43-23-11-13-38(14-12-23)33(41)42-2)27(34)30(37-31)44-24-8-4-7-22(17-24)21-6-3-5-20(16-21)18-36/h3-10,15-17,23H,11-14,18,36H2,1-2H3,(H,39,40). The predicted octanol–water partition coefficient (Wildman–Crippen LogP) is 6.69. The number of ether oxygens (including phenoxy) is 4. The molecule has 0 spiro atoms. The number of methoxy groups -OCH3 is 1. The molecule has 10 nitrogen and oxygen atoms in total. The molecule has 0 radical (unpaired) electrons. The normalized spacial score (nSPS) is 13.3. The lowest BCUT2D eigenvalue weighted by Crippen LogP contribution is -2.41. The molecule has 1 saturated heterocycles. The number of benzene rings is 3. The van der Waals surface area contributed by atoms with Gasteiger partial charge in [-0.2, -0.15) is 13.8 Å². The second-order valence-electron chi connectivity index (χ2n) is 10.4. The van der Waals surface area contributed by atoms with E-state index in [1.165, 1.54) is 24.1 Å². The maximum absolute atomic E-state index is 15.9. The number of carbonyl (C=O) groups is 2. The van der Waals surface area contributed by atoms with Gasteiger partial charge in [0, 0.05) is 32.5 Å². The quantitative estimate of drug-likeness (QED) is 0.210. The van der Waals surface area contributed by atoms with E-state index in [0.717, 1.165) is 16.7 Å². The third-order valence-electron chi connectivity index (χ3n) is 7.26. The number of likely N-dealkylation sites (tertiary alicyclic amines) is 1. The maximum atomic E-state index is 15.9. The molecule has 1 fully saturated rings. The van der Waals surface area contributed by atoms with Gasteiger partial charge in [-0.25, -0.2) is 9.59 Å². The van der Waals surface area contributed by atoms with Crippen molar-refractivity contribution < 1.29 is 42.4 Å². The van der Waals surface area contributed by atoms with Crippen LogP contribution in [0.2, 0.25) is 0 Å². The fraction of sp³-hybridized carbons (Fsp3) is 0.242. The summed E-state index contributed by atoms with van der Waals surface area (Å²) in [5.74, 6) is -6.01. The Kier molecular flexibility index (Phi) is 9.43. The first kappa shape index (κ1) is 31.2. The molecule has 1 aliphatic heterocycles. The van der Waals surface area contributed by atoms with Crippen molar-refractivity contribution in [3.05, 3.63) is 95.1 Å². The fourth-order valence-corrected chi connectivity index (χ4v) is 4.90. The monoisotopic (exact) mass is 619 g/mol. The van der Waals surface area contributed by atoms with E-state index in [-0.39, 0.29) is 43.0 Å². The van der Waals surface area contributed by atoms with E-state index < -0.39 is 47.3 Å². The van der Waals surface area contributed by atoms with Gasteiger partial charge < -0.3 is 34.7 Å². The van der Waals surface area contributed by atoms with Crippen molar-refractivity contribution in [2.75, 3.05) is 20.2 Å². The fourth-order valence-electron chi connectivity index (χ4n) is 4.90. The second kappa shape index (κ2) is 13.6. The van der Waals surface area contributed by atoms with Crippen LogP contribution in [0, 0.1) is 18.6 Å². The van der Waals surface area contributed by atoms with Crippen molar-refractivity contribution in [3.8, 4) is 40.1 Å². The Balaban J connectivity index is 1.51. The third kappa shape index (κ3) is 7.13. The van der Waals surface area contributed by atoms with Gasteiger partial charge in [-0.05, 0) is 59.5 Å². The molecule has 0 aliphatic carbocycles. The number of amides is 1. The molecule has 1 amide bonds. The summed E-state index contributed by atoms with van der Waals surface area (Å²) in [7, 11) is 1.27. The number of nitrogens with zero attached hydrogens (tertiary/aromatic N) is 2. The molecule has 5 rings (SSSR count). The summed E-state index contributed by atoms with van der Waals surface area (Å²) in [5.41, 5.74) is 8.69. The Hall–Kier alpha value is -5.23. The van der Waals surface area contributed by atoms with E-state index in [2.05, 4.69) is 4.98 Å². The molecule has 0 atom stereocenters. The van der Waals surface area contributed by atoms with Crippen LogP contribution in [0.3, 0.4) is 0 Å². The lowest BCUT2D eigenvalue weighted by molar-refractivity contribution is 0.0693. The molecule has 234 valence electrons. The maximum Gasteiger partial charge on any atom is 0.409 e.